The SMILES string of the molecule is CCCCCCCC/C=C\CCCCCCCCCC(=O)OC(COC(=O)CCCCCCCCCCCCCCCCCC)COC(=O)CCCCCCCCCCCCCCCCCCCCCCCCCCCC. The zero-order valence-corrected chi connectivity index (χ0v) is 52.5. The number of hydrogen-bond acceptors (Lipinski definition) is 6. The molecule has 0 aliphatic heterocycles. The van der Waals surface area contributed by atoms with E-state index in [0.29, 0.717) is 19.3 Å². The zero-order valence-electron chi connectivity index (χ0n) is 52.5. The van der Waals surface area contributed by atoms with Crippen LogP contribution in [0.25, 0.3) is 0 Å². The van der Waals surface area contributed by atoms with E-state index in [-0.39, 0.29) is 31.1 Å². The highest BCUT2D eigenvalue weighted by Gasteiger charge is 2.19. The summed E-state index contributed by atoms with van der Waals surface area (Å²) in [6.07, 6.45) is 79.5. The quantitative estimate of drug-likeness (QED) is 0.0261. The second-order valence-electron chi connectivity index (χ2n) is 24.2. The molecule has 0 amide bonds. The number of carbonyl (C=O) groups is 3. The molecule has 456 valence electrons. The van der Waals surface area contributed by atoms with Crippen molar-refractivity contribution in [2.45, 2.75) is 412 Å². The molecule has 0 bridgehead atoms. The van der Waals surface area contributed by atoms with Gasteiger partial charge in [0.25, 0.3) is 0 Å². The van der Waals surface area contributed by atoms with Gasteiger partial charge in [-0.25, -0.2) is 0 Å². The molecule has 0 aromatic heterocycles. The van der Waals surface area contributed by atoms with E-state index in [1.165, 1.54) is 308 Å². The summed E-state index contributed by atoms with van der Waals surface area (Å²) < 4.78 is 17.0. The highest BCUT2D eigenvalue weighted by molar-refractivity contribution is 5.71. The van der Waals surface area contributed by atoms with Crippen molar-refractivity contribution in [2.75, 3.05) is 13.2 Å². The van der Waals surface area contributed by atoms with Gasteiger partial charge in [-0.1, -0.05) is 354 Å². The summed E-state index contributed by atoms with van der Waals surface area (Å²) in [6.45, 7) is 6.72. The largest absolute Gasteiger partial charge is 0.462 e. The zero-order chi connectivity index (χ0) is 55.7. The highest BCUT2D eigenvalue weighted by Crippen LogP contribution is 2.19. The number of esters is 3. The van der Waals surface area contributed by atoms with Gasteiger partial charge in [0.15, 0.2) is 6.10 Å². The third kappa shape index (κ3) is 64.9. The fourth-order valence-electron chi connectivity index (χ4n) is 11.0. The Morgan fingerprint density at radius 2 is 0.429 bits per heavy atom. The van der Waals surface area contributed by atoms with E-state index in [2.05, 4.69) is 32.9 Å². The van der Waals surface area contributed by atoms with Gasteiger partial charge in [0.2, 0.25) is 0 Å². The molecule has 1 atom stereocenters. The van der Waals surface area contributed by atoms with Crippen molar-refractivity contribution >= 4 is 17.9 Å². The second-order valence-corrected chi connectivity index (χ2v) is 24.2. The maximum Gasteiger partial charge on any atom is 0.306 e. The molecular weight excluding hydrogens is 949 g/mol. The fraction of sp³-hybridized carbons (Fsp3) is 0.930. The van der Waals surface area contributed by atoms with Gasteiger partial charge in [0, 0.05) is 19.3 Å². The van der Waals surface area contributed by atoms with Crippen LogP contribution in [0.1, 0.15) is 406 Å². The average Bonchev–Trinajstić information content (AvgIpc) is 3.43. The van der Waals surface area contributed by atoms with Gasteiger partial charge < -0.3 is 14.2 Å². The maximum absolute atomic E-state index is 12.9. The van der Waals surface area contributed by atoms with Crippen LogP contribution in [0.3, 0.4) is 0 Å². The highest BCUT2D eigenvalue weighted by atomic mass is 16.6. The molecule has 0 fully saturated rings. The Morgan fingerprint density at radius 3 is 0.649 bits per heavy atom. The van der Waals surface area contributed by atoms with E-state index in [4.69, 9.17) is 14.2 Å². The van der Waals surface area contributed by atoms with E-state index in [9.17, 15) is 14.4 Å². The Kier molecular flexibility index (Phi) is 65.1. The summed E-state index contributed by atoms with van der Waals surface area (Å²) >= 11 is 0. The molecule has 0 radical (unpaired) electrons. The van der Waals surface area contributed by atoms with Crippen LogP contribution < -0.4 is 0 Å². The van der Waals surface area contributed by atoms with E-state index >= 15 is 0 Å². The molecule has 1 unspecified atom stereocenters. The molecule has 0 rings (SSSR count). The van der Waals surface area contributed by atoms with Gasteiger partial charge in [-0.05, 0) is 44.9 Å². The molecule has 0 aromatic carbocycles. The van der Waals surface area contributed by atoms with Crippen LogP contribution in [0.5, 0.6) is 0 Å². The number of unbranched alkanes of at least 4 members (excludes halogenated alkanes) is 53. The van der Waals surface area contributed by atoms with Crippen molar-refractivity contribution in [1.82, 2.24) is 0 Å². The first-order valence-corrected chi connectivity index (χ1v) is 35.2. The van der Waals surface area contributed by atoms with Crippen LogP contribution in [0.15, 0.2) is 12.2 Å². The Balaban J connectivity index is 4.22. The summed E-state index contributed by atoms with van der Waals surface area (Å²) in [4.78, 5) is 38.4. The van der Waals surface area contributed by atoms with Crippen LogP contribution in [-0.2, 0) is 28.6 Å². The van der Waals surface area contributed by atoms with Gasteiger partial charge in [0.1, 0.15) is 13.2 Å². The Morgan fingerprint density at radius 1 is 0.247 bits per heavy atom. The first-order chi connectivity index (χ1) is 38.0. The smallest absolute Gasteiger partial charge is 0.306 e. The number of allylic oxidation sites excluding steroid dienone is 2. The lowest BCUT2D eigenvalue weighted by atomic mass is 10.0. The monoisotopic (exact) mass is 1090 g/mol. The number of hydrogen-bond donors (Lipinski definition) is 0. The molecule has 6 nitrogen and oxygen atoms in total. The first-order valence-electron chi connectivity index (χ1n) is 35.2. The molecule has 6 heteroatoms. The molecule has 0 saturated carbocycles. The normalized spacial score (nSPS) is 12.0. The van der Waals surface area contributed by atoms with E-state index in [1.807, 2.05) is 0 Å². The lowest BCUT2D eigenvalue weighted by Gasteiger charge is -2.18. The van der Waals surface area contributed by atoms with Gasteiger partial charge >= 0.3 is 17.9 Å². The van der Waals surface area contributed by atoms with Gasteiger partial charge in [0.05, 0.1) is 0 Å². The molecule has 77 heavy (non-hydrogen) atoms. The van der Waals surface area contributed by atoms with Crippen molar-refractivity contribution in [3.8, 4) is 0 Å². The Bertz CT molecular complexity index is 1200. The minimum absolute atomic E-state index is 0.0649. The minimum atomic E-state index is -0.769. The lowest BCUT2D eigenvalue weighted by molar-refractivity contribution is -0.167. The van der Waals surface area contributed by atoms with Crippen molar-refractivity contribution in [3.05, 3.63) is 12.2 Å². The van der Waals surface area contributed by atoms with Crippen LogP contribution in [0, 0.1) is 0 Å². The van der Waals surface area contributed by atoms with Crippen molar-refractivity contribution in [3.63, 3.8) is 0 Å². The maximum atomic E-state index is 12.9. The van der Waals surface area contributed by atoms with Crippen LogP contribution in [0.4, 0.5) is 0 Å². The van der Waals surface area contributed by atoms with E-state index < -0.39 is 6.10 Å². The molecule has 0 spiro atoms. The average molecular weight is 1090 g/mol. The van der Waals surface area contributed by atoms with Gasteiger partial charge in [-0.2, -0.15) is 0 Å². The van der Waals surface area contributed by atoms with E-state index in [0.717, 1.165) is 57.8 Å². The second kappa shape index (κ2) is 66.7. The van der Waals surface area contributed by atoms with E-state index in [1.54, 1.807) is 0 Å². The Labute approximate surface area is 481 Å². The Hall–Kier alpha value is -1.85. The molecule has 0 saturated heterocycles. The third-order valence-electron chi connectivity index (χ3n) is 16.3. The first kappa shape index (κ1) is 75.2. The predicted molar refractivity (Wildman–Crippen MR) is 335 cm³/mol. The molecule has 0 N–H and O–H groups in total. The minimum Gasteiger partial charge on any atom is -0.462 e. The van der Waals surface area contributed by atoms with Crippen molar-refractivity contribution in [1.29, 1.82) is 0 Å². The molecule has 0 aliphatic carbocycles. The van der Waals surface area contributed by atoms with Gasteiger partial charge in [-0.3, -0.25) is 14.4 Å². The topological polar surface area (TPSA) is 78.9 Å². The van der Waals surface area contributed by atoms with Crippen molar-refractivity contribution < 1.29 is 28.6 Å². The molecule has 0 aliphatic rings. The van der Waals surface area contributed by atoms with Crippen LogP contribution >= 0.6 is 0 Å². The molecular formula is C71H136O6. The number of rotatable bonds is 66. The summed E-state index contributed by atoms with van der Waals surface area (Å²) in [5, 5.41) is 0. The summed E-state index contributed by atoms with van der Waals surface area (Å²) in [7, 11) is 0. The van der Waals surface area contributed by atoms with Crippen LogP contribution in [-0.4, -0.2) is 37.2 Å². The summed E-state index contributed by atoms with van der Waals surface area (Å²) in [5.74, 6) is -0.834. The predicted octanol–water partition coefficient (Wildman–Crippen LogP) is 24.0. The summed E-state index contributed by atoms with van der Waals surface area (Å²) in [6, 6.07) is 0. The standard InChI is InChI=1S/C71H136O6/c1-4-7-10-13-16-19-22-25-28-31-32-33-34-35-36-37-38-39-41-43-46-49-52-55-58-61-64-70(73)76-67-68(66-75-69(72)63-60-57-54-51-48-45-42-30-27-24-21-18-15-12-9-6-3)77-71(74)65-62-59-56-53-50-47-44-40-29-26-23-20-17-14-11-8-5-2/h26,29,68H,4-25,27-28,30-67H2,1-3H3/b29-26-. The summed E-state index contributed by atoms with van der Waals surface area (Å²) in [5.41, 5.74) is 0. The molecule has 0 heterocycles. The molecule has 0 aromatic rings. The lowest BCUT2D eigenvalue weighted by Crippen LogP contribution is -2.30. The van der Waals surface area contributed by atoms with Gasteiger partial charge in [-0.15, -0.1) is 0 Å². The van der Waals surface area contributed by atoms with Crippen molar-refractivity contribution in [2.24, 2.45) is 0 Å². The number of carbonyl (C=O) groups excluding carboxylic acids is 3. The third-order valence-corrected chi connectivity index (χ3v) is 16.3. The van der Waals surface area contributed by atoms with Crippen LogP contribution in [0.2, 0.25) is 0 Å². The number of ether oxygens (including phenoxy) is 3. The fourth-order valence-corrected chi connectivity index (χ4v) is 11.0.